The number of carbonyl (C=O) groups excluding carboxylic acids is 1. The quantitative estimate of drug-likeness (QED) is 0.928. The molecule has 21 heavy (non-hydrogen) atoms. The second kappa shape index (κ2) is 6.08. The van der Waals surface area contributed by atoms with Crippen LogP contribution in [0, 0.1) is 6.92 Å². The molecule has 0 unspecified atom stereocenters. The molecule has 0 fully saturated rings. The molecule has 0 spiro atoms. The van der Waals surface area contributed by atoms with Gasteiger partial charge in [0.05, 0.1) is 5.69 Å². The van der Waals surface area contributed by atoms with Crippen LogP contribution in [-0.4, -0.2) is 26.5 Å². The van der Waals surface area contributed by atoms with Crippen LogP contribution in [0.15, 0.2) is 30.6 Å². The SMILES string of the molecule is Cc1cn2c(n1)CC[C@H](NC(=O)CCc1ccccn1)C2. The summed E-state index contributed by atoms with van der Waals surface area (Å²) >= 11 is 0. The molecule has 5 nitrogen and oxygen atoms in total. The van der Waals surface area contributed by atoms with Crippen molar-refractivity contribution >= 4 is 5.91 Å². The molecule has 0 aliphatic carbocycles. The molecule has 0 radical (unpaired) electrons. The lowest BCUT2D eigenvalue weighted by atomic mass is 10.1. The van der Waals surface area contributed by atoms with Crippen molar-refractivity contribution in [2.75, 3.05) is 0 Å². The smallest absolute Gasteiger partial charge is 0.220 e. The van der Waals surface area contributed by atoms with Gasteiger partial charge in [-0.25, -0.2) is 4.98 Å². The molecule has 2 aromatic rings. The number of aryl methyl sites for hydroxylation is 3. The van der Waals surface area contributed by atoms with Crippen LogP contribution in [0.25, 0.3) is 0 Å². The van der Waals surface area contributed by atoms with Gasteiger partial charge in [-0.15, -0.1) is 0 Å². The molecule has 110 valence electrons. The van der Waals surface area contributed by atoms with Gasteiger partial charge in [0.2, 0.25) is 5.91 Å². The third-order valence-corrected chi connectivity index (χ3v) is 3.81. The van der Waals surface area contributed by atoms with E-state index in [0.29, 0.717) is 12.8 Å². The second-order valence-corrected chi connectivity index (χ2v) is 5.58. The standard InChI is InChI=1S/C16H20N4O/c1-12-10-20-11-14(5-7-15(20)18-12)19-16(21)8-6-13-4-2-3-9-17-13/h2-4,9-10,14H,5-8,11H2,1H3,(H,19,21)/t14-/m0/s1. The van der Waals surface area contributed by atoms with Crippen LogP contribution in [0.4, 0.5) is 0 Å². The highest BCUT2D eigenvalue weighted by Gasteiger charge is 2.20. The van der Waals surface area contributed by atoms with E-state index in [9.17, 15) is 4.79 Å². The molecule has 1 N–H and O–H groups in total. The van der Waals surface area contributed by atoms with Crippen molar-refractivity contribution < 1.29 is 4.79 Å². The second-order valence-electron chi connectivity index (χ2n) is 5.58. The van der Waals surface area contributed by atoms with E-state index >= 15 is 0 Å². The Morgan fingerprint density at radius 2 is 2.38 bits per heavy atom. The molecule has 1 aliphatic heterocycles. The summed E-state index contributed by atoms with van der Waals surface area (Å²) in [5.74, 6) is 1.23. The minimum Gasteiger partial charge on any atom is -0.352 e. The Morgan fingerprint density at radius 1 is 1.48 bits per heavy atom. The van der Waals surface area contributed by atoms with Gasteiger partial charge in [0.25, 0.3) is 0 Å². The lowest BCUT2D eigenvalue weighted by Gasteiger charge is -2.24. The molecule has 5 heteroatoms. The summed E-state index contributed by atoms with van der Waals surface area (Å²) in [5, 5.41) is 3.12. The van der Waals surface area contributed by atoms with Gasteiger partial charge in [-0.3, -0.25) is 9.78 Å². The summed E-state index contributed by atoms with van der Waals surface area (Å²) in [7, 11) is 0. The van der Waals surface area contributed by atoms with Crippen LogP contribution in [-0.2, 0) is 24.2 Å². The number of hydrogen-bond acceptors (Lipinski definition) is 3. The number of nitrogens with zero attached hydrogens (tertiary/aromatic N) is 3. The number of imidazole rings is 1. The van der Waals surface area contributed by atoms with Crippen molar-refractivity contribution in [2.24, 2.45) is 0 Å². The molecule has 0 saturated heterocycles. The number of amides is 1. The van der Waals surface area contributed by atoms with Gasteiger partial charge in [0, 0.05) is 43.5 Å². The summed E-state index contributed by atoms with van der Waals surface area (Å²) in [6.45, 7) is 2.83. The van der Waals surface area contributed by atoms with Gasteiger partial charge in [-0.1, -0.05) is 6.07 Å². The Balaban J connectivity index is 1.50. The third-order valence-electron chi connectivity index (χ3n) is 3.81. The molecule has 3 rings (SSSR count). The summed E-state index contributed by atoms with van der Waals surface area (Å²) < 4.78 is 2.16. The van der Waals surface area contributed by atoms with Crippen LogP contribution < -0.4 is 5.32 Å². The van der Waals surface area contributed by atoms with Gasteiger partial charge in [-0.2, -0.15) is 0 Å². The first-order chi connectivity index (χ1) is 10.2. The van der Waals surface area contributed by atoms with Gasteiger partial charge in [-0.05, 0) is 31.9 Å². The van der Waals surface area contributed by atoms with Crippen LogP contribution in [0.5, 0.6) is 0 Å². The molecule has 0 bridgehead atoms. The Morgan fingerprint density at radius 3 is 3.19 bits per heavy atom. The van der Waals surface area contributed by atoms with Crippen molar-refractivity contribution in [3.8, 4) is 0 Å². The number of aromatic nitrogens is 3. The minimum absolute atomic E-state index is 0.103. The molecular formula is C16H20N4O. The van der Waals surface area contributed by atoms with Gasteiger partial charge < -0.3 is 9.88 Å². The zero-order chi connectivity index (χ0) is 14.7. The summed E-state index contributed by atoms with van der Waals surface area (Å²) in [6.07, 6.45) is 6.89. The Hall–Kier alpha value is -2.17. The fourth-order valence-corrected chi connectivity index (χ4v) is 2.79. The van der Waals surface area contributed by atoms with E-state index in [4.69, 9.17) is 0 Å². The normalized spacial score (nSPS) is 17.3. The van der Waals surface area contributed by atoms with E-state index in [1.54, 1.807) is 6.20 Å². The van der Waals surface area contributed by atoms with E-state index in [-0.39, 0.29) is 11.9 Å². The van der Waals surface area contributed by atoms with Crippen molar-refractivity contribution in [3.63, 3.8) is 0 Å². The Labute approximate surface area is 124 Å². The fourth-order valence-electron chi connectivity index (χ4n) is 2.79. The third kappa shape index (κ3) is 3.48. The van der Waals surface area contributed by atoms with E-state index in [0.717, 1.165) is 36.6 Å². The molecule has 2 aromatic heterocycles. The highest BCUT2D eigenvalue weighted by atomic mass is 16.1. The number of rotatable bonds is 4. The van der Waals surface area contributed by atoms with E-state index < -0.39 is 0 Å². The van der Waals surface area contributed by atoms with Crippen LogP contribution in [0.3, 0.4) is 0 Å². The first-order valence-corrected chi connectivity index (χ1v) is 7.42. The Bertz CT molecular complexity index is 620. The average Bonchev–Trinajstić information content (AvgIpc) is 2.85. The van der Waals surface area contributed by atoms with Gasteiger partial charge in [0.15, 0.2) is 0 Å². The van der Waals surface area contributed by atoms with Crippen LogP contribution in [0.1, 0.15) is 30.1 Å². The molecule has 1 aliphatic rings. The van der Waals surface area contributed by atoms with Gasteiger partial charge >= 0.3 is 0 Å². The van der Waals surface area contributed by atoms with Crippen molar-refractivity contribution in [1.82, 2.24) is 19.9 Å². The molecule has 3 heterocycles. The molecular weight excluding hydrogens is 264 g/mol. The number of carbonyl (C=O) groups is 1. The van der Waals surface area contributed by atoms with Crippen molar-refractivity contribution in [1.29, 1.82) is 0 Å². The van der Waals surface area contributed by atoms with E-state index in [2.05, 4.69) is 26.0 Å². The molecule has 0 aromatic carbocycles. The number of hydrogen-bond donors (Lipinski definition) is 1. The Kier molecular flexibility index (Phi) is 3.99. The van der Waals surface area contributed by atoms with Crippen molar-refractivity contribution in [2.45, 2.75) is 45.2 Å². The van der Waals surface area contributed by atoms with E-state index in [1.165, 1.54) is 0 Å². The van der Waals surface area contributed by atoms with Crippen molar-refractivity contribution in [3.05, 3.63) is 47.8 Å². The number of nitrogens with one attached hydrogen (secondary N) is 1. The lowest BCUT2D eigenvalue weighted by Crippen LogP contribution is -2.41. The zero-order valence-electron chi connectivity index (χ0n) is 12.2. The maximum Gasteiger partial charge on any atom is 0.220 e. The zero-order valence-corrected chi connectivity index (χ0v) is 12.2. The average molecular weight is 284 g/mol. The van der Waals surface area contributed by atoms with Crippen LogP contribution in [0.2, 0.25) is 0 Å². The monoisotopic (exact) mass is 284 g/mol. The summed E-state index contributed by atoms with van der Waals surface area (Å²) in [5.41, 5.74) is 2.01. The first-order valence-electron chi connectivity index (χ1n) is 7.42. The number of pyridine rings is 1. The van der Waals surface area contributed by atoms with E-state index in [1.807, 2.05) is 25.1 Å². The summed E-state index contributed by atoms with van der Waals surface area (Å²) in [6, 6.07) is 6.00. The maximum atomic E-state index is 12.0. The largest absolute Gasteiger partial charge is 0.352 e. The van der Waals surface area contributed by atoms with Crippen LogP contribution >= 0.6 is 0 Å². The number of fused-ring (bicyclic) bond motifs is 1. The highest BCUT2D eigenvalue weighted by molar-refractivity contribution is 5.76. The maximum absolute atomic E-state index is 12.0. The predicted octanol–water partition coefficient (Wildman–Crippen LogP) is 1.65. The topological polar surface area (TPSA) is 59.8 Å². The molecule has 1 amide bonds. The minimum atomic E-state index is 0.103. The highest BCUT2D eigenvalue weighted by Crippen LogP contribution is 2.15. The molecule has 1 atom stereocenters. The molecule has 0 saturated carbocycles. The van der Waals surface area contributed by atoms with Gasteiger partial charge in [0.1, 0.15) is 5.82 Å². The first kappa shape index (κ1) is 13.8. The lowest BCUT2D eigenvalue weighted by molar-refractivity contribution is -0.122. The summed E-state index contributed by atoms with van der Waals surface area (Å²) in [4.78, 5) is 20.8. The fraction of sp³-hybridized carbons (Fsp3) is 0.438. The predicted molar refractivity (Wildman–Crippen MR) is 79.8 cm³/mol.